The predicted molar refractivity (Wildman–Crippen MR) is 113 cm³/mol. The first-order valence-electron chi connectivity index (χ1n) is 9.60. The molecule has 15 heteroatoms. The van der Waals surface area contributed by atoms with Crippen LogP contribution in [0.4, 0.5) is 26.3 Å². The molecule has 2 aromatic carbocycles. The Hall–Kier alpha value is -3.59. The van der Waals surface area contributed by atoms with Crippen LogP contribution in [0.15, 0.2) is 46.4 Å². The first-order chi connectivity index (χ1) is 16.4. The Morgan fingerprint density at radius 1 is 0.757 bits per heavy atom. The van der Waals surface area contributed by atoms with Gasteiger partial charge in [0, 0.05) is 35.5 Å². The van der Waals surface area contributed by atoms with Crippen molar-refractivity contribution in [1.29, 1.82) is 0 Å². The summed E-state index contributed by atoms with van der Waals surface area (Å²) >= 11 is 0. The van der Waals surface area contributed by atoms with Crippen molar-refractivity contribution < 1.29 is 73.1 Å². The fourth-order valence-corrected chi connectivity index (χ4v) is 2.11. The van der Waals surface area contributed by atoms with E-state index < -0.39 is 35.4 Å². The number of nitrogens with zero attached hydrogens (tertiary/aromatic N) is 2. The monoisotopic (exact) mass is 581 g/mol. The van der Waals surface area contributed by atoms with Crippen molar-refractivity contribution in [2.75, 3.05) is 13.1 Å². The van der Waals surface area contributed by atoms with Crippen LogP contribution in [-0.4, -0.2) is 47.7 Å². The van der Waals surface area contributed by atoms with Gasteiger partial charge in [-0.25, -0.2) is 0 Å². The zero-order valence-corrected chi connectivity index (χ0v) is 20.1. The minimum Gasteiger partial charge on any atom is -0.550 e. The maximum absolute atomic E-state index is 12.6. The minimum absolute atomic E-state index is 0. The third-order valence-electron chi connectivity index (χ3n) is 3.53. The zero-order valence-electron chi connectivity index (χ0n) is 19.1. The van der Waals surface area contributed by atoms with Crippen molar-refractivity contribution in [3.8, 4) is 11.5 Å². The Labute approximate surface area is 217 Å². The van der Waals surface area contributed by atoms with Crippen LogP contribution in [0.5, 0.6) is 11.5 Å². The zero-order chi connectivity index (χ0) is 28.1. The van der Waals surface area contributed by atoms with Crippen molar-refractivity contribution >= 4 is 24.4 Å². The SMILES string of the molecule is CC(=O)[O-].CC(=O)[O-].Oc1ccc(C(F)(F)F)cc1C=NCCN=Cc1cc(C(F)(F)F)ccc1O.[Co+2]. The van der Waals surface area contributed by atoms with Crippen LogP contribution < -0.4 is 10.2 Å². The maximum atomic E-state index is 12.6. The molecule has 37 heavy (non-hydrogen) atoms. The molecule has 0 fully saturated rings. The van der Waals surface area contributed by atoms with Gasteiger partial charge in [0.2, 0.25) is 0 Å². The van der Waals surface area contributed by atoms with Crippen LogP contribution in [-0.2, 0) is 38.7 Å². The van der Waals surface area contributed by atoms with E-state index in [4.69, 9.17) is 19.8 Å². The summed E-state index contributed by atoms with van der Waals surface area (Å²) in [4.78, 5) is 25.4. The summed E-state index contributed by atoms with van der Waals surface area (Å²) in [6.45, 7) is 1.96. The number of phenols is 2. The number of carboxylic acid groups (broad SMARTS) is 2. The fourth-order valence-electron chi connectivity index (χ4n) is 2.11. The molecule has 0 aliphatic heterocycles. The molecule has 0 aliphatic carbocycles. The average molecular weight is 581 g/mol. The van der Waals surface area contributed by atoms with Crippen molar-refractivity contribution in [2.45, 2.75) is 26.2 Å². The molecule has 0 bridgehead atoms. The number of aromatic hydroxyl groups is 2. The van der Waals surface area contributed by atoms with E-state index in [1.54, 1.807) is 0 Å². The van der Waals surface area contributed by atoms with E-state index in [2.05, 4.69) is 9.98 Å². The van der Waals surface area contributed by atoms with Gasteiger partial charge in [-0.1, -0.05) is 0 Å². The smallest absolute Gasteiger partial charge is 0.550 e. The van der Waals surface area contributed by atoms with Crippen LogP contribution in [0.3, 0.4) is 0 Å². The number of hydrogen-bond acceptors (Lipinski definition) is 8. The molecule has 8 nitrogen and oxygen atoms in total. The number of carbonyl (C=O) groups excluding carboxylic acids is 2. The summed E-state index contributed by atoms with van der Waals surface area (Å²) in [6, 6.07) is 4.75. The van der Waals surface area contributed by atoms with Crippen molar-refractivity contribution in [1.82, 2.24) is 0 Å². The fraction of sp³-hybridized carbons (Fsp3) is 0.273. The summed E-state index contributed by atoms with van der Waals surface area (Å²) in [7, 11) is 0. The molecule has 2 N–H and O–H groups in total. The number of carboxylic acids is 2. The second-order valence-corrected chi connectivity index (χ2v) is 6.60. The number of rotatable bonds is 5. The molecule has 2 rings (SSSR count). The van der Waals surface area contributed by atoms with Crippen molar-refractivity contribution in [2.24, 2.45) is 9.98 Å². The summed E-state index contributed by atoms with van der Waals surface area (Å²) in [5, 5.41) is 36.9. The number of aliphatic carboxylic acids is 2. The summed E-state index contributed by atoms with van der Waals surface area (Å²) in [6.07, 6.45) is -7.04. The molecule has 0 aliphatic rings. The number of hydrogen-bond donors (Lipinski definition) is 2. The summed E-state index contributed by atoms with van der Waals surface area (Å²) < 4.78 is 75.9. The maximum Gasteiger partial charge on any atom is 2.00 e. The van der Waals surface area contributed by atoms with Gasteiger partial charge in [0.05, 0.1) is 24.2 Å². The molecule has 0 atom stereocenters. The van der Waals surface area contributed by atoms with Gasteiger partial charge in [0.15, 0.2) is 0 Å². The number of alkyl halides is 6. The Morgan fingerprint density at radius 2 is 1.03 bits per heavy atom. The molecule has 205 valence electrons. The molecule has 0 heterocycles. The van der Waals surface area contributed by atoms with E-state index in [9.17, 15) is 36.6 Å². The standard InChI is InChI=1S/C18H14F6N2O2.2C2H4O2.Co/c19-17(20,21)13-1-3-15(27)11(7-13)9-25-5-6-26-10-12-8-14(18(22,23)24)2-4-16(12)28;2*1-2(3)4;/h1-4,7-10,27-28H,5-6H2;2*1H3,(H,3,4);/q;;;+2/p-2. The Kier molecular flexibility index (Phi) is 15.6. The largest absolute Gasteiger partial charge is 2.00 e. The third kappa shape index (κ3) is 15.9. The Morgan fingerprint density at radius 3 is 1.27 bits per heavy atom. The quantitative estimate of drug-likeness (QED) is 0.315. The first kappa shape index (κ1) is 35.6. The number of phenolic OH excluding ortho intramolecular Hbond substituents is 2. The van der Waals surface area contributed by atoms with Gasteiger partial charge in [-0.15, -0.1) is 0 Å². The number of halogens is 6. The molecule has 0 aromatic heterocycles. The first-order valence-corrected chi connectivity index (χ1v) is 9.60. The number of aliphatic imine (C=N–C) groups is 2. The van der Waals surface area contributed by atoms with Gasteiger partial charge in [-0.05, 0) is 50.2 Å². The summed E-state index contributed by atoms with van der Waals surface area (Å²) in [5.41, 5.74) is -2.14. The molecule has 0 amide bonds. The van der Waals surface area contributed by atoms with Crippen LogP contribution in [0, 0.1) is 0 Å². The topological polar surface area (TPSA) is 145 Å². The van der Waals surface area contributed by atoms with Gasteiger partial charge in [-0.3, -0.25) is 9.98 Å². The van der Waals surface area contributed by atoms with E-state index in [1.807, 2.05) is 0 Å². The Bertz CT molecular complexity index is 995. The molecule has 2 aromatic rings. The van der Waals surface area contributed by atoms with Crippen LogP contribution >= 0.6 is 0 Å². The molecule has 0 saturated carbocycles. The second-order valence-electron chi connectivity index (χ2n) is 6.60. The van der Waals surface area contributed by atoms with E-state index in [0.717, 1.165) is 62.7 Å². The van der Waals surface area contributed by atoms with Crippen molar-refractivity contribution in [3.05, 3.63) is 58.7 Å². The van der Waals surface area contributed by atoms with Gasteiger partial charge < -0.3 is 30.0 Å². The van der Waals surface area contributed by atoms with Gasteiger partial charge in [0.1, 0.15) is 11.5 Å². The normalized spacial score (nSPS) is 11.1. The molecule has 0 saturated heterocycles. The predicted octanol–water partition coefficient (Wildman–Crippen LogP) is 2.18. The van der Waals surface area contributed by atoms with Crippen LogP contribution in [0.25, 0.3) is 0 Å². The molecular formula is C22H20CoF6N2O6. The van der Waals surface area contributed by atoms with Gasteiger partial charge in [0.25, 0.3) is 0 Å². The van der Waals surface area contributed by atoms with Gasteiger partial charge in [-0.2, -0.15) is 26.3 Å². The molecular weight excluding hydrogens is 561 g/mol. The van der Waals surface area contributed by atoms with E-state index in [0.29, 0.717) is 0 Å². The number of benzene rings is 2. The van der Waals surface area contributed by atoms with E-state index >= 15 is 0 Å². The second kappa shape index (κ2) is 16.2. The van der Waals surface area contributed by atoms with Crippen LogP contribution in [0.2, 0.25) is 0 Å². The van der Waals surface area contributed by atoms with E-state index in [1.165, 1.54) is 0 Å². The van der Waals surface area contributed by atoms with Crippen LogP contribution in [0.1, 0.15) is 36.1 Å². The van der Waals surface area contributed by atoms with E-state index in [-0.39, 0.29) is 52.5 Å². The molecule has 0 spiro atoms. The Balaban J connectivity index is 0. The molecule has 1 radical (unpaired) electrons. The number of carbonyl (C=O) groups is 2. The van der Waals surface area contributed by atoms with Gasteiger partial charge >= 0.3 is 29.1 Å². The summed E-state index contributed by atoms with van der Waals surface area (Å²) in [5.74, 6) is -2.93. The van der Waals surface area contributed by atoms with Crippen molar-refractivity contribution in [3.63, 3.8) is 0 Å². The average Bonchev–Trinajstić information content (AvgIpc) is 2.70. The minimum atomic E-state index is -4.56. The third-order valence-corrected chi connectivity index (χ3v) is 3.53. The molecule has 0 unspecified atom stereocenters.